The molecule has 0 bridgehead atoms. The van der Waals surface area contributed by atoms with Crippen molar-refractivity contribution >= 4 is 10.0 Å². The second-order valence-electron chi connectivity index (χ2n) is 4.14. The van der Waals surface area contributed by atoms with Gasteiger partial charge in [-0.3, -0.25) is 0 Å². The Hall–Kier alpha value is -1.18. The van der Waals surface area contributed by atoms with Gasteiger partial charge in [-0.15, -0.1) is 0 Å². The second kappa shape index (κ2) is 6.12. The van der Waals surface area contributed by atoms with Gasteiger partial charge in [0.1, 0.15) is 16.5 Å². The monoisotopic (exact) mass is 276 g/mol. The molecule has 1 rings (SSSR count). The molecule has 1 aromatic carbocycles. The Balaban J connectivity index is 2.77. The maximum absolute atomic E-state index is 13.0. The van der Waals surface area contributed by atoms with E-state index in [9.17, 15) is 12.8 Å². The van der Waals surface area contributed by atoms with Gasteiger partial charge in [0, 0.05) is 6.54 Å². The number of primary sulfonamides is 1. The van der Waals surface area contributed by atoms with Crippen molar-refractivity contribution in [3.05, 3.63) is 24.0 Å². The van der Waals surface area contributed by atoms with Crippen molar-refractivity contribution in [3.8, 4) is 5.75 Å². The molecule has 0 fully saturated rings. The van der Waals surface area contributed by atoms with Crippen LogP contribution in [0.4, 0.5) is 4.39 Å². The molecule has 5 nitrogen and oxygen atoms in total. The van der Waals surface area contributed by atoms with E-state index in [2.05, 4.69) is 0 Å². The molecule has 2 N–H and O–H groups in total. The number of sulfonamides is 1. The molecule has 0 saturated heterocycles. The topological polar surface area (TPSA) is 72.6 Å². The number of hydrogen-bond donors (Lipinski definition) is 1. The number of nitrogens with zero attached hydrogens (tertiary/aromatic N) is 1. The molecular formula is C11H17FN2O3S. The Morgan fingerprint density at radius 2 is 2.06 bits per heavy atom. The van der Waals surface area contributed by atoms with E-state index in [1.54, 1.807) is 0 Å². The summed E-state index contributed by atoms with van der Waals surface area (Å²) in [4.78, 5) is 1.65. The van der Waals surface area contributed by atoms with Gasteiger partial charge in [-0.2, -0.15) is 0 Å². The summed E-state index contributed by atoms with van der Waals surface area (Å²) in [5.41, 5.74) is 0. The normalized spacial score (nSPS) is 11.8. The van der Waals surface area contributed by atoms with Gasteiger partial charge in [-0.1, -0.05) is 0 Å². The molecule has 0 unspecified atom stereocenters. The Bertz CT molecular complexity index is 503. The highest BCUT2D eigenvalue weighted by atomic mass is 32.2. The minimum absolute atomic E-state index is 0.0812. The molecule has 0 spiro atoms. The average Bonchev–Trinajstić information content (AvgIpc) is 2.24. The lowest BCUT2D eigenvalue weighted by molar-refractivity contribution is 0.275. The van der Waals surface area contributed by atoms with Gasteiger partial charge in [0.15, 0.2) is 0 Å². The lowest BCUT2D eigenvalue weighted by Gasteiger charge is -2.12. The van der Waals surface area contributed by atoms with Crippen LogP contribution in [0.3, 0.4) is 0 Å². The van der Waals surface area contributed by atoms with E-state index in [4.69, 9.17) is 9.88 Å². The zero-order valence-electron chi connectivity index (χ0n) is 10.4. The highest BCUT2D eigenvalue weighted by Crippen LogP contribution is 2.23. The first-order chi connectivity index (χ1) is 8.30. The Kier molecular flexibility index (Phi) is 5.06. The molecule has 0 aliphatic heterocycles. The summed E-state index contributed by atoms with van der Waals surface area (Å²) in [5.74, 6) is -0.586. The standard InChI is InChI=1S/C11H17FN2O3S/c1-14(2)6-3-7-17-10-5-4-9(12)8-11(10)18(13,15)16/h4-5,8H,3,6-7H2,1-2H3,(H2,13,15,16). The largest absolute Gasteiger partial charge is 0.492 e. The first-order valence-corrected chi connectivity index (χ1v) is 6.95. The van der Waals surface area contributed by atoms with E-state index >= 15 is 0 Å². The van der Waals surface area contributed by atoms with E-state index in [-0.39, 0.29) is 10.6 Å². The van der Waals surface area contributed by atoms with Crippen LogP contribution in [-0.4, -0.2) is 40.6 Å². The fourth-order valence-electron chi connectivity index (χ4n) is 1.39. The Morgan fingerprint density at radius 3 is 2.61 bits per heavy atom. The van der Waals surface area contributed by atoms with Crippen LogP contribution in [0.5, 0.6) is 5.75 Å². The zero-order chi connectivity index (χ0) is 13.8. The predicted octanol–water partition coefficient (Wildman–Crippen LogP) is 0.804. The number of hydrogen-bond acceptors (Lipinski definition) is 4. The molecule has 0 aliphatic carbocycles. The number of benzene rings is 1. The Labute approximate surface area is 106 Å². The molecule has 0 atom stereocenters. The third-order valence-electron chi connectivity index (χ3n) is 2.22. The van der Waals surface area contributed by atoms with Crippen LogP contribution in [0, 0.1) is 5.82 Å². The summed E-state index contributed by atoms with van der Waals surface area (Å²) < 4.78 is 40.8. The predicted molar refractivity (Wildman–Crippen MR) is 66.4 cm³/mol. The lowest BCUT2D eigenvalue weighted by Crippen LogP contribution is -2.17. The summed E-state index contributed by atoms with van der Waals surface area (Å²) in [7, 11) is -0.136. The van der Waals surface area contributed by atoms with Crippen LogP contribution in [0.25, 0.3) is 0 Å². The minimum atomic E-state index is -3.98. The van der Waals surface area contributed by atoms with Crippen molar-refractivity contribution < 1.29 is 17.5 Å². The van der Waals surface area contributed by atoms with Gasteiger partial charge < -0.3 is 9.64 Å². The van der Waals surface area contributed by atoms with Crippen LogP contribution in [0.1, 0.15) is 6.42 Å². The van der Waals surface area contributed by atoms with Gasteiger partial charge in [0.2, 0.25) is 10.0 Å². The Morgan fingerprint density at radius 1 is 1.39 bits per heavy atom. The molecule has 0 amide bonds. The fraction of sp³-hybridized carbons (Fsp3) is 0.455. The van der Waals surface area contributed by atoms with Crippen LogP contribution < -0.4 is 9.88 Å². The van der Waals surface area contributed by atoms with Gasteiger partial charge in [-0.25, -0.2) is 17.9 Å². The molecule has 7 heteroatoms. The highest BCUT2D eigenvalue weighted by Gasteiger charge is 2.16. The van der Waals surface area contributed by atoms with Crippen molar-refractivity contribution in [2.24, 2.45) is 5.14 Å². The van der Waals surface area contributed by atoms with E-state index in [1.807, 2.05) is 19.0 Å². The highest BCUT2D eigenvalue weighted by molar-refractivity contribution is 7.89. The molecule has 18 heavy (non-hydrogen) atoms. The number of nitrogens with two attached hydrogens (primary N) is 1. The third kappa shape index (κ3) is 4.59. The van der Waals surface area contributed by atoms with E-state index < -0.39 is 15.8 Å². The lowest BCUT2D eigenvalue weighted by atomic mass is 10.3. The van der Waals surface area contributed by atoms with E-state index in [0.29, 0.717) is 6.61 Å². The maximum atomic E-state index is 13.0. The molecule has 0 aromatic heterocycles. The zero-order valence-corrected chi connectivity index (χ0v) is 11.2. The van der Waals surface area contributed by atoms with Gasteiger partial charge in [0.05, 0.1) is 6.61 Å². The molecule has 102 valence electrons. The van der Waals surface area contributed by atoms with Crippen molar-refractivity contribution in [2.45, 2.75) is 11.3 Å². The molecule has 0 radical (unpaired) electrons. The molecule has 1 aromatic rings. The van der Waals surface area contributed by atoms with E-state index in [0.717, 1.165) is 25.1 Å². The summed E-state index contributed by atoms with van der Waals surface area (Å²) in [6, 6.07) is 3.26. The van der Waals surface area contributed by atoms with Crippen LogP contribution >= 0.6 is 0 Å². The summed E-state index contributed by atoms with van der Waals surface area (Å²) in [6.45, 7) is 1.15. The molecular weight excluding hydrogens is 259 g/mol. The van der Waals surface area contributed by atoms with Gasteiger partial charge in [-0.05, 0) is 38.7 Å². The summed E-state index contributed by atoms with van der Waals surface area (Å²) in [6.07, 6.45) is 0.731. The summed E-state index contributed by atoms with van der Waals surface area (Å²) >= 11 is 0. The smallest absolute Gasteiger partial charge is 0.241 e. The van der Waals surface area contributed by atoms with Gasteiger partial charge >= 0.3 is 0 Å². The SMILES string of the molecule is CN(C)CCCOc1ccc(F)cc1S(N)(=O)=O. The molecule has 0 aliphatic rings. The number of halogens is 1. The van der Waals surface area contributed by atoms with Crippen molar-refractivity contribution in [1.82, 2.24) is 4.90 Å². The first-order valence-electron chi connectivity index (χ1n) is 5.40. The first kappa shape index (κ1) is 14.9. The average molecular weight is 276 g/mol. The summed E-state index contributed by atoms with van der Waals surface area (Å²) in [5, 5.41) is 5.00. The van der Waals surface area contributed by atoms with Crippen LogP contribution in [0.2, 0.25) is 0 Å². The second-order valence-corrected chi connectivity index (χ2v) is 5.67. The maximum Gasteiger partial charge on any atom is 0.241 e. The van der Waals surface area contributed by atoms with Crippen molar-refractivity contribution in [2.75, 3.05) is 27.2 Å². The molecule has 0 saturated carbocycles. The van der Waals surface area contributed by atoms with E-state index in [1.165, 1.54) is 6.07 Å². The van der Waals surface area contributed by atoms with Crippen molar-refractivity contribution in [3.63, 3.8) is 0 Å². The quantitative estimate of drug-likeness (QED) is 0.780. The molecule has 0 heterocycles. The van der Waals surface area contributed by atoms with Crippen LogP contribution in [-0.2, 0) is 10.0 Å². The van der Waals surface area contributed by atoms with Gasteiger partial charge in [0.25, 0.3) is 0 Å². The van der Waals surface area contributed by atoms with Crippen molar-refractivity contribution in [1.29, 1.82) is 0 Å². The fourth-order valence-corrected chi connectivity index (χ4v) is 2.07. The minimum Gasteiger partial charge on any atom is -0.492 e. The number of rotatable bonds is 6. The number of ether oxygens (including phenoxy) is 1. The van der Waals surface area contributed by atoms with Crippen LogP contribution in [0.15, 0.2) is 23.1 Å². The third-order valence-corrected chi connectivity index (χ3v) is 3.15.